The van der Waals surface area contributed by atoms with Crippen LogP contribution in [0.5, 0.6) is 5.75 Å². The van der Waals surface area contributed by atoms with Gasteiger partial charge < -0.3 is 4.74 Å². The summed E-state index contributed by atoms with van der Waals surface area (Å²) in [6, 6.07) is 42.8. The summed E-state index contributed by atoms with van der Waals surface area (Å²) in [4.78, 5) is 0.0862. The Labute approximate surface area is 253 Å². The lowest BCUT2D eigenvalue weighted by Crippen LogP contribution is -2.35. The van der Waals surface area contributed by atoms with Crippen LogP contribution in [0.1, 0.15) is 36.1 Å². The first-order valence-electron chi connectivity index (χ1n) is 14.2. The highest BCUT2D eigenvalue weighted by Crippen LogP contribution is 2.62. The zero-order valence-corrected chi connectivity index (χ0v) is 25.5. The summed E-state index contributed by atoms with van der Waals surface area (Å²) >= 11 is 0. The summed E-state index contributed by atoms with van der Waals surface area (Å²) in [5.41, 5.74) is 2.44. The average molecular weight is 609 g/mol. The van der Waals surface area contributed by atoms with E-state index < -0.39 is 17.3 Å². The number of benzene rings is 5. The normalized spacial score (nSPS) is 18.5. The lowest BCUT2D eigenvalue weighted by molar-refractivity contribution is 0.337. The average Bonchev–Trinajstić information content (AvgIpc) is 3.52. The van der Waals surface area contributed by atoms with E-state index in [4.69, 9.17) is 4.74 Å². The molecule has 0 saturated carbocycles. The van der Waals surface area contributed by atoms with Gasteiger partial charge in [0.15, 0.2) is 0 Å². The second kappa shape index (κ2) is 12.2. The molecule has 8 heteroatoms. The van der Waals surface area contributed by atoms with Gasteiger partial charge in [-0.1, -0.05) is 91.0 Å². The van der Waals surface area contributed by atoms with Gasteiger partial charge in [-0.2, -0.15) is 0 Å². The van der Waals surface area contributed by atoms with Crippen LogP contribution < -0.4 is 20.1 Å². The van der Waals surface area contributed by atoms with E-state index in [0.29, 0.717) is 16.4 Å². The summed E-state index contributed by atoms with van der Waals surface area (Å²) in [6.45, 7) is 0. The van der Waals surface area contributed by atoms with Crippen LogP contribution in [0.2, 0.25) is 0 Å². The predicted molar refractivity (Wildman–Crippen MR) is 173 cm³/mol. The summed E-state index contributed by atoms with van der Waals surface area (Å²) < 4.78 is 53.6. The Hall–Kier alpha value is -4.16. The molecule has 6 rings (SSSR count). The number of ether oxygens (including phenoxy) is 1. The summed E-state index contributed by atoms with van der Waals surface area (Å²) in [5.74, 6) is 0.556. The largest absolute Gasteiger partial charge is 0.497 e. The highest BCUT2D eigenvalue weighted by Gasteiger charge is 2.48. The Morgan fingerprint density at radius 1 is 0.674 bits per heavy atom. The summed E-state index contributed by atoms with van der Waals surface area (Å²) in [6.07, 6.45) is 1.61. The molecule has 1 N–H and O–H groups in total. The van der Waals surface area contributed by atoms with Gasteiger partial charge in [-0.3, -0.25) is 9.29 Å². The fourth-order valence-electron chi connectivity index (χ4n) is 5.99. The minimum absolute atomic E-state index is 0.0862. The maximum Gasteiger partial charge on any atom is 0.261 e. The topological polar surface area (TPSA) is 75.7 Å². The molecule has 1 unspecified atom stereocenters. The fraction of sp³-hybridized carbons (Fsp3) is 0.143. The van der Waals surface area contributed by atoms with Gasteiger partial charge in [-0.05, 0) is 72.5 Å². The van der Waals surface area contributed by atoms with Crippen LogP contribution in [0.25, 0.3) is 0 Å². The molecule has 1 fully saturated rings. The zero-order chi connectivity index (χ0) is 29.9. The van der Waals surface area contributed by atoms with Gasteiger partial charge >= 0.3 is 0 Å². The van der Waals surface area contributed by atoms with Crippen LogP contribution in [0, 0.1) is 0 Å². The van der Waals surface area contributed by atoms with Crippen LogP contribution in [-0.2, 0) is 14.6 Å². The second-order valence-electron chi connectivity index (χ2n) is 10.5. The van der Waals surface area contributed by atoms with Crippen LogP contribution >= 0.6 is 7.29 Å². The minimum Gasteiger partial charge on any atom is -0.497 e. The van der Waals surface area contributed by atoms with Gasteiger partial charge in [0, 0.05) is 17.4 Å². The van der Waals surface area contributed by atoms with E-state index in [1.807, 2.05) is 72.8 Å². The SMILES string of the molecule is COc1ccc(S(=O)(=O)Nc2ccccc2P(=O)(c2ccccc2)N2[C@@H](c3ccccc3)CC[C@@H]2c2ccccc2)cc1. The number of nitrogens with zero attached hydrogens (tertiary/aromatic N) is 1. The molecule has 1 heterocycles. The number of methoxy groups -OCH3 is 1. The van der Waals surface area contributed by atoms with Crippen molar-refractivity contribution in [2.75, 3.05) is 11.8 Å². The molecule has 0 bridgehead atoms. The van der Waals surface area contributed by atoms with E-state index >= 15 is 4.57 Å². The zero-order valence-electron chi connectivity index (χ0n) is 23.8. The van der Waals surface area contributed by atoms with E-state index in [1.54, 1.807) is 30.3 Å². The lowest BCUT2D eigenvalue weighted by Gasteiger charge is -2.39. The van der Waals surface area contributed by atoms with E-state index in [9.17, 15) is 8.42 Å². The molecule has 218 valence electrons. The third-order valence-corrected chi connectivity index (χ3v) is 12.6. The van der Waals surface area contributed by atoms with E-state index in [-0.39, 0.29) is 22.7 Å². The van der Waals surface area contributed by atoms with E-state index in [0.717, 1.165) is 24.0 Å². The number of sulfonamides is 1. The number of hydrogen-bond donors (Lipinski definition) is 1. The fourth-order valence-corrected chi connectivity index (χ4v) is 10.5. The van der Waals surface area contributed by atoms with Crippen molar-refractivity contribution in [2.45, 2.75) is 29.8 Å². The molecule has 1 aliphatic rings. The highest BCUT2D eigenvalue weighted by atomic mass is 32.2. The van der Waals surface area contributed by atoms with Crippen LogP contribution in [0.4, 0.5) is 5.69 Å². The Kier molecular flexibility index (Phi) is 8.22. The molecule has 0 radical (unpaired) electrons. The van der Waals surface area contributed by atoms with Gasteiger partial charge in [0.05, 0.1) is 23.0 Å². The smallest absolute Gasteiger partial charge is 0.261 e. The molecule has 0 aliphatic carbocycles. The molecule has 0 amide bonds. The number of hydrogen-bond acceptors (Lipinski definition) is 4. The van der Waals surface area contributed by atoms with Crippen molar-refractivity contribution in [1.82, 2.24) is 4.67 Å². The molecule has 5 aromatic rings. The van der Waals surface area contributed by atoms with Gasteiger partial charge in [0.1, 0.15) is 5.75 Å². The standard InChI is InChI=1S/C35H33N2O4PS/c1-41-29-21-23-31(24-22-29)43(39,40)36-32-19-11-12-20-35(32)42(38,30-17-9-4-10-18-30)37-33(27-13-5-2-6-14-27)25-26-34(37)28-15-7-3-8-16-28/h2-24,33-34,36H,25-26H2,1H3/t33-,34-,42?/m1/s1. The van der Waals surface area contributed by atoms with Gasteiger partial charge in [0.2, 0.25) is 7.29 Å². The number of rotatable bonds is 9. The molecule has 5 aromatic carbocycles. The minimum atomic E-state index is -4.00. The number of para-hydroxylation sites is 1. The third kappa shape index (κ3) is 5.64. The Bertz CT molecular complexity index is 1790. The van der Waals surface area contributed by atoms with Crippen molar-refractivity contribution < 1.29 is 17.7 Å². The Morgan fingerprint density at radius 3 is 1.70 bits per heavy atom. The molecule has 0 aromatic heterocycles. The van der Waals surface area contributed by atoms with E-state index in [2.05, 4.69) is 33.7 Å². The quantitative estimate of drug-likeness (QED) is 0.178. The molecule has 0 spiro atoms. The van der Waals surface area contributed by atoms with Crippen molar-refractivity contribution in [1.29, 1.82) is 0 Å². The van der Waals surface area contributed by atoms with Gasteiger partial charge in [-0.25, -0.2) is 13.1 Å². The maximum absolute atomic E-state index is 16.2. The van der Waals surface area contributed by atoms with Crippen molar-refractivity contribution in [3.8, 4) is 5.75 Å². The van der Waals surface area contributed by atoms with Crippen LogP contribution in [-0.4, -0.2) is 20.2 Å². The van der Waals surface area contributed by atoms with Crippen LogP contribution in [0.3, 0.4) is 0 Å². The third-order valence-electron chi connectivity index (χ3n) is 8.00. The Morgan fingerprint density at radius 2 is 1.16 bits per heavy atom. The van der Waals surface area contributed by atoms with Crippen molar-refractivity contribution in [3.05, 3.63) is 151 Å². The summed E-state index contributed by atoms with van der Waals surface area (Å²) in [5, 5.41) is 1.09. The van der Waals surface area contributed by atoms with Crippen LogP contribution in [0.15, 0.2) is 144 Å². The lowest BCUT2D eigenvalue weighted by atomic mass is 10.0. The molecule has 43 heavy (non-hydrogen) atoms. The molecule has 3 atom stereocenters. The first-order valence-corrected chi connectivity index (χ1v) is 17.4. The van der Waals surface area contributed by atoms with Gasteiger partial charge in [-0.15, -0.1) is 0 Å². The Balaban J connectivity index is 1.54. The van der Waals surface area contributed by atoms with Crippen molar-refractivity contribution >= 4 is 33.6 Å². The maximum atomic E-state index is 16.2. The first-order chi connectivity index (χ1) is 20.9. The molecular formula is C35H33N2O4PS. The highest BCUT2D eigenvalue weighted by molar-refractivity contribution is 7.92. The molecule has 1 aliphatic heterocycles. The molecule has 6 nitrogen and oxygen atoms in total. The molecule has 1 saturated heterocycles. The number of nitrogens with one attached hydrogen (secondary N) is 1. The van der Waals surface area contributed by atoms with E-state index in [1.165, 1.54) is 19.2 Å². The van der Waals surface area contributed by atoms with Crippen molar-refractivity contribution in [2.24, 2.45) is 0 Å². The predicted octanol–water partition coefficient (Wildman–Crippen LogP) is 7.30. The second-order valence-corrected chi connectivity index (χ2v) is 14.8. The molecular weight excluding hydrogens is 575 g/mol. The van der Waals surface area contributed by atoms with Gasteiger partial charge in [0.25, 0.3) is 10.0 Å². The monoisotopic (exact) mass is 608 g/mol. The number of anilines is 1. The van der Waals surface area contributed by atoms with Crippen molar-refractivity contribution in [3.63, 3.8) is 0 Å². The summed E-state index contributed by atoms with van der Waals surface area (Å²) in [7, 11) is -6.13. The first kappa shape index (κ1) is 28.9.